The highest BCUT2D eigenvalue weighted by Crippen LogP contribution is 2.47. The Morgan fingerprint density at radius 2 is 2.29 bits per heavy atom. The predicted octanol–water partition coefficient (Wildman–Crippen LogP) is 1.85. The van der Waals surface area contributed by atoms with Crippen LogP contribution >= 0.6 is 0 Å². The smallest absolute Gasteiger partial charge is 0.181 e. The van der Waals surface area contributed by atoms with Gasteiger partial charge in [0.15, 0.2) is 5.78 Å². The van der Waals surface area contributed by atoms with E-state index >= 15 is 0 Å². The minimum absolute atomic E-state index is 0.0735. The normalized spacial score (nSPS) is 41.9. The number of ketones is 1. The van der Waals surface area contributed by atoms with Crippen molar-refractivity contribution in [3.05, 3.63) is 23.8 Å². The third kappa shape index (κ3) is 1.10. The fraction of sp³-hybridized carbons (Fsp3) is 0.583. The summed E-state index contributed by atoms with van der Waals surface area (Å²) in [6.07, 6.45) is 6.62. The van der Waals surface area contributed by atoms with Crippen molar-refractivity contribution >= 4 is 5.78 Å². The average molecular weight is 192 g/mol. The topological polar surface area (TPSA) is 37.3 Å². The Bertz CT molecular complexity index is 327. The summed E-state index contributed by atoms with van der Waals surface area (Å²) in [4.78, 5) is 11.7. The monoisotopic (exact) mass is 192 g/mol. The van der Waals surface area contributed by atoms with E-state index in [1.807, 2.05) is 13.0 Å². The molecule has 0 aliphatic heterocycles. The van der Waals surface area contributed by atoms with Crippen molar-refractivity contribution in [3.8, 4) is 0 Å². The SMILES string of the molecule is CC1CCC=C2C(=O)C=CC(O)C21C. The highest BCUT2D eigenvalue weighted by Gasteiger charge is 2.46. The van der Waals surface area contributed by atoms with Gasteiger partial charge in [-0.1, -0.05) is 26.0 Å². The molecule has 0 heterocycles. The predicted molar refractivity (Wildman–Crippen MR) is 54.7 cm³/mol. The molecule has 2 nitrogen and oxygen atoms in total. The lowest BCUT2D eigenvalue weighted by molar-refractivity contribution is -0.114. The van der Waals surface area contributed by atoms with Gasteiger partial charge in [-0.05, 0) is 24.8 Å². The second-order valence-corrected chi connectivity index (χ2v) is 4.55. The second kappa shape index (κ2) is 3.06. The van der Waals surface area contributed by atoms with Gasteiger partial charge in [0.25, 0.3) is 0 Å². The summed E-state index contributed by atoms with van der Waals surface area (Å²) in [6.45, 7) is 4.11. The minimum atomic E-state index is -0.512. The van der Waals surface area contributed by atoms with Crippen molar-refractivity contribution < 1.29 is 9.90 Å². The number of fused-ring (bicyclic) bond motifs is 1. The first-order valence-corrected chi connectivity index (χ1v) is 5.18. The highest BCUT2D eigenvalue weighted by molar-refractivity contribution is 6.06. The minimum Gasteiger partial charge on any atom is -0.388 e. The van der Waals surface area contributed by atoms with Gasteiger partial charge in [-0.2, -0.15) is 0 Å². The molecule has 0 radical (unpaired) electrons. The fourth-order valence-electron chi connectivity index (χ4n) is 2.55. The van der Waals surface area contributed by atoms with Crippen LogP contribution in [0.1, 0.15) is 26.7 Å². The van der Waals surface area contributed by atoms with E-state index < -0.39 is 6.10 Å². The number of carbonyl (C=O) groups is 1. The lowest BCUT2D eigenvalue weighted by atomic mass is 9.61. The standard InChI is InChI=1S/C12H16O2/c1-8-4-3-5-9-10(13)6-7-11(14)12(8,9)2/h5-8,11,14H,3-4H2,1-2H3. The van der Waals surface area contributed by atoms with Gasteiger partial charge >= 0.3 is 0 Å². The molecule has 0 saturated carbocycles. The molecule has 0 bridgehead atoms. The molecule has 1 N–H and O–H groups in total. The quantitative estimate of drug-likeness (QED) is 0.636. The van der Waals surface area contributed by atoms with Gasteiger partial charge in [0.05, 0.1) is 6.10 Å². The summed E-state index contributed by atoms with van der Waals surface area (Å²) in [5.41, 5.74) is 0.454. The summed E-state index contributed by atoms with van der Waals surface area (Å²) >= 11 is 0. The molecular weight excluding hydrogens is 176 g/mol. The fourth-order valence-corrected chi connectivity index (χ4v) is 2.55. The molecule has 0 saturated heterocycles. The molecule has 0 aromatic rings. The third-order valence-electron chi connectivity index (χ3n) is 3.86. The summed E-state index contributed by atoms with van der Waals surface area (Å²) in [5, 5.41) is 9.97. The Balaban J connectivity index is 2.52. The maximum Gasteiger partial charge on any atom is 0.181 e. The van der Waals surface area contributed by atoms with Crippen molar-refractivity contribution in [3.63, 3.8) is 0 Å². The molecule has 0 aromatic carbocycles. The lowest BCUT2D eigenvalue weighted by Crippen LogP contribution is -2.45. The Hall–Kier alpha value is -0.890. The Labute approximate surface area is 84.3 Å². The first kappa shape index (κ1) is 9.66. The van der Waals surface area contributed by atoms with Crippen LogP contribution in [0.4, 0.5) is 0 Å². The molecule has 3 atom stereocenters. The number of rotatable bonds is 0. The molecule has 2 aliphatic carbocycles. The Kier molecular flexibility index (Phi) is 2.11. The van der Waals surface area contributed by atoms with Crippen LogP contribution < -0.4 is 0 Å². The van der Waals surface area contributed by atoms with Crippen molar-refractivity contribution in [2.45, 2.75) is 32.8 Å². The summed E-state index contributed by atoms with van der Waals surface area (Å²) in [5.74, 6) is 0.441. The number of aliphatic hydroxyl groups is 1. The number of aliphatic hydroxyl groups excluding tert-OH is 1. The summed E-state index contributed by atoms with van der Waals surface area (Å²) in [6, 6.07) is 0. The molecular formula is C12H16O2. The Morgan fingerprint density at radius 1 is 1.57 bits per heavy atom. The van der Waals surface area contributed by atoms with Crippen molar-refractivity contribution in [2.75, 3.05) is 0 Å². The van der Waals surface area contributed by atoms with E-state index in [1.165, 1.54) is 6.08 Å². The first-order chi connectivity index (χ1) is 6.56. The van der Waals surface area contributed by atoms with Crippen LogP contribution in [0.5, 0.6) is 0 Å². The zero-order valence-corrected chi connectivity index (χ0v) is 8.66. The Morgan fingerprint density at radius 3 is 2.93 bits per heavy atom. The van der Waals surface area contributed by atoms with Crippen LogP contribution in [-0.4, -0.2) is 17.0 Å². The van der Waals surface area contributed by atoms with Crippen LogP contribution in [0.15, 0.2) is 23.8 Å². The van der Waals surface area contributed by atoms with Crippen LogP contribution in [-0.2, 0) is 4.79 Å². The molecule has 0 spiro atoms. The average Bonchev–Trinajstić information content (AvgIpc) is 2.16. The molecule has 0 fully saturated rings. The maximum absolute atomic E-state index is 11.7. The number of carbonyl (C=O) groups excluding carboxylic acids is 1. The summed E-state index contributed by atoms with van der Waals surface area (Å²) < 4.78 is 0. The molecule has 2 aliphatic rings. The summed E-state index contributed by atoms with van der Waals surface area (Å²) in [7, 11) is 0. The molecule has 2 heteroatoms. The van der Waals surface area contributed by atoms with Gasteiger partial charge < -0.3 is 5.11 Å². The van der Waals surface area contributed by atoms with Gasteiger partial charge in [-0.3, -0.25) is 4.79 Å². The molecule has 2 rings (SSSR count). The van der Waals surface area contributed by atoms with Crippen molar-refractivity contribution in [1.29, 1.82) is 0 Å². The number of hydrogen-bond acceptors (Lipinski definition) is 2. The molecule has 3 unspecified atom stereocenters. The van der Waals surface area contributed by atoms with Crippen LogP contribution in [0, 0.1) is 11.3 Å². The van der Waals surface area contributed by atoms with Gasteiger partial charge in [-0.15, -0.1) is 0 Å². The molecule has 76 valence electrons. The zero-order valence-electron chi connectivity index (χ0n) is 8.66. The number of allylic oxidation sites excluding steroid dienone is 2. The van der Waals surface area contributed by atoms with Gasteiger partial charge in [-0.25, -0.2) is 0 Å². The van der Waals surface area contributed by atoms with Crippen LogP contribution in [0.25, 0.3) is 0 Å². The van der Waals surface area contributed by atoms with E-state index in [9.17, 15) is 9.90 Å². The van der Waals surface area contributed by atoms with E-state index in [2.05, 4.69) is 6.92 Å². The van der Waals surface area contributed by atoms with Crippen LogP contribution in [0.2, 0.25) is 0 Å². The molecule has 14 heavy (non-hydrogen) atoms. The lowest BCUT2D eigenvalue weighted by Gasteiger charge is -2.44. The van der Waals surface area contributed by atoms with Gasteiger partial charge in [0, 0.05) is 11.0 Å². The van der Waals surface area contributed by atoms with E-state index in [1.54, 1.807) is 6.08 Å². The highest BCUT2D eigenvalue weighted by atomic mass is 16.3. The number of hydrogen-bond donors (Lipinski definition) is 1. The van der Waals surface area contributed by atoms with Gasteiger partial charge in [0.2, 0.25) is 0 Å². The molecule has 0 amide bonds. The van der Waals surface area contributed by atoms with E-state index in [4.69, 9.17) is 0 Å². The third-order valence-corrected chi connectivity index (χ3v) is 3.86. The zero-order chi connectivity index (χ0) is 10.3. The van der Waals surface area contributed by atoms with E-state index in [0.29, 0.717) is 5.92 Å². The first-order valence-electron chi connectivity index (χ1n) is 5.18. The van der Waals surface area contributed by atoms with Crippen molar-refractivity contribution in [1.82, 2.24) is 0 Å². The van der Waals surface area contributed by atoms with E-state index in [0.717, 1.165) is 18.4 Å². The second-order valence-electron chi connectivity index (χ2n) is 4.55. The van der Waals surface area contributed by atoms with Crippen molar-refractivity contribution in [2.24, 2.45) is 11.3 Å². The molecule has 0 aromatic heterocycles. The largest absolute Gasteiger partial charge is 0.388 e. The van der Waals surface area contributed by atoms with Gasteiger partial charge in [0.1, 0.15) is 0 Å². The van der Waals surface area contributed by atoms with Crippen LogP contribution in [0.3, 0.4) is 0 Å². The van der Waals surface area contributed by atoms with E-state index in [-0.39, 0.29) is 11.2 Å². The maximum atomic E-state index is 11.7.